The van der Waals surface area contributed by atoms with Crippen LogP contribution in [0.1, 0.15) is 0 Å². The molecule has 0 radical (unpaired) electrons. The van der Waals surface area contributed by atoms with Gasteiger partial charge in [0.2, 0.25) is 0 Å². The van der Waals surface area contributed by atoms with Crippen molar-refractivity contribution in [2.45, 2.75) is 5.16 Å². The second kappa shape index (κ2) is 5.90. The second-order valence-corrected chi connectivity index (χ2v) is 5.99. The van der Waals surface area contributed by atoms with Crippen LogP contribution < -0.4 is 0 Å². The van der Waals surface area contributed by atoms with E-state index in [0.717, 1.165) is 28.4 Å². The highest BCUT2D eigenvalue weighted by atomic mass is 35.5. The molecule has 1 heterocycles. The highest BCUT2D eigenvalue weighted by Crippen LogP contribution is 2.33. The van der Waals surface area contributed by atoms with Gasteiger partial charge in [-0.25, -0.2) is 4.98 Å². The van der Waals surface area contributed by atoms with Gasteiger partial charge in [-0.15, -0.1) is 0 Å². The van der Waals surface area contributed by atoms with Gasteiger partial charge in [0.05, 0.1) is 21.8 Å². The highest BCUT2D eigenvalue weighted by Gasteiger charge is 2.11. The number of nitrogens with zero attached hydrogens (tertiary/aromatic N) is 1. The van der Waals surface area contributed by atoms with E-state index in [9.17, 15) is 9.90 Å². The van der Waals surface area contributed by atoms with Crippen LogP contribution in [0.25, 0.3) is 22.2 Å². The van der Waals surface area contributed by atoms with Crippen molar-refractivity contribution >= 4 is 40.4 Å². The molecule has 0 amide bonds. The van der Waals surface area contributed by atoms with Crippen LogP contribution in [0.2, 0.25) is 5.02 Å². The molecule has 0 aliphatic rings. The number of rotatable bonds is 4. The summed E-state index contributed by atoms with van der Waals surface area (Å²) in [4.78, 5) is 18.0. The van der Waals surface area contributed by atoms with Crippen LogP contribution in [-0.4, -0.2) is 31.9 Å². The SMILES string of the molecule is O=C(O)CSc1nc2cc(-c3ccc(O)cc3)c(Cl)cc2[nH]1. The number of carboxylic acids is 1. The predicted octanol–water partition coefficient (Wildman–Crippen LogP) is 3.77. The van der Waals surface area contributed by atoms with E-state index in [1.165, 1.54) is 0 Å². The molecule has 22 heavy (non-hydrogen) atoms. The Kier molecular flexibility index (Phi) is 3.96. The van der Waals surface area contributed by atoms with Crippen LogP contribution in [0.5, 0.6) is 5.75 Å². The maximum Gasteiger partial charge on any atom is 0.313 e. The fraction of sp³-hybridized carbons (Fsp3) is 0.0667. The van der Waals surface area contributed by atoms with Gasteiger partial charge in [-0.2, -0.15) is 0 Å². The molecule has 0 saturated carbocycles. The number of H-pyrrole nitrogens is 1. The summed E-state index contributed by atoms with van der Waals surface area (Å²) in [5, 5.41) is 19.1. The number of thioether (sulfide) groups is 1. The number of carboxylic acid groups (broad SMARTS) is 1. The molecule has 0 unspecified atom stereocenters. The Hall–Kier alpha value is -2.18. The lowest BCUT2D eigenvalue weighted by atomic mass is 10.0. The van der Waals surface area contributed by atoms with E-state index in [4.69, 9.17) is 16.7 Å². The Balaban J connectivity index is 2.00. The molecule has 0 spiro atoms. The lowest BCUT2D eigenvalue weighted by Gasteiger charge is -2.04. The van der Waals surface area contributed by atoms with Crippen molar-refractivity contribution in [2.75, 3.05) is 5.75 Å². The lowest BCUT2D eigenvalue weighted by Crippen LogP contribution is -1.97. The minimum atomic E-state index is -0.895. The largest absolute Gasteiger partial charge is 0.508 e. The summed E-state index contributed by atoms with van der Waals surface area (Å²) in [7, 11) is 0. The molecule has 1 aromatic heterocycles. The number of imidazole rings is 1. The van der Waals surface area contributed by atoms with Gasteiger partial charge >= 0.3 is 5.97 Å². The Morgan fingerprint density at radius 3 is 2.68 bits per heavy atom. The van der Waals surface area contributed by atoms with Crippen molar-refractivity contribution in [1.29, 1.82) is 0 Å². The van der Waals surface area contributed by atoms with E-state index in [0.29, 0.717) is 15.7 Å². The average Bonchev–Trinajstić information content (AvgIpc) is 2.87. The maximum atomic E-state index is 10.6. The molecule has 3 rings (SSSR count). The summed E-state index contributed by atoms with van der Waals surface area (Å²) >= 11 is 7.42. The first-order chi connectivity index (χ1) is 10.5. The molecule has 0 atom stereocenters. The minimum Gasteiger partial charge on any atom is -0.508 e. The summed E-state index contributed by atoms with van der Waals surface area (Å²) in [6.45, 7) is 0. The van der Waals surface area contributed by atoms with Crippen molar-refractivity contribution in [3.8, 4) is 16.9 Å². The standard InChI is InChI=1S/C15H11ClN2O3S/c16-11-6-13-12(17-15(18-13)22-7-14(20)21)5-10(11)8-1-3-9(19)4-2-8/h1-6,19H,7H2,(H,17,18)(H,20,21). The second-order valence-electron chi connectivity index (χ2n) is 4.62. The molecular formula is C15H11ClN2O3S. The zero-order chi connectivity index (χ0) is 15.7. The van der Waals surface area contributed by atoms with Crippen molar-refractivity contribution in [3.05, 3.63) is 41.4 Å². The van der Waals surface area contributed by atoms with E-state index >= 15 is 0 Å². The Morgan fingerprint density at radius 1 is 1.27 bits per heavy atom. The van der Waals surface area contributed by atoms with Crippen LogP contribution in [0, 0.1) is 0 Å². The monoisotopic (exact) mass is 334 g/mol. The van der Waals surface area contributed by atoms with Crippen molar-refractivity contribution < 1.29 is 15.0 Å². The van der Waals surface area contributed by atoms with Gasteiger partial charge in [0.1, 0.15) is 5.75 Å². The number of aromatic amines is 1. The predicted molar refractivity (Wildman–Crippen MR) is 86.6 cm³/mol. The van der Waals surface area contributed by atoms with Crippen LogP contribution >= 0.6 is 23.4 Å². The van der Waals surface area contributed by atoms with Gasteiger partial charge in [0.15, 0.2) is 5.16 Å². The Labute approximate surface area is 135 Å². The van der Waals surface area contributed by atoms with E-state index in [2.05, 4.69) is 9.97 Å². The average molecular weight is 335 g/mol. The maximum absolute atomic E-state index is 10.6. The summed E-state index contributed by atoms with van der Waals surface area (Å²) in [6, 6.07) is 10.3. The van der Waals surface area contributed by atoms with E-state index in [1.54, 1.807) is 30.3 Å². The number of fused-ring (bicyclic) bond motifs is 1. The van der Waals surface area contributed by atoms with Crippen LogP contribution in [0.4, 0.5) is 0 Å². The summed E-state index contributed by atoms with van der Waals surface area (Å²) < 4.78 is 0. The number of aromatic hydroxyl groups is 1. The quantitative estimate of drug-likeness (QED) is 0.632. The van der Waals surface area contributed by atoms with Crippen LogP contribution in [-0.2, 0) is 4.79 Å². The van der Waals surface area contributed by atoms with Gasteiger partial charge in [0.25, 0.3) is 0 Å². The highest BCUT2D eigenvalue weighted by molar-refractivity contribution is 7.99. The summed E-state index contributed by atoms with van der Waals surface area (Å²) in [5.74, 6) is -0.764. The zero-order valence-corrected chi connectivity index (χ0v) is 12.8. The third-order valence-electron chi connectivity index (χ3n) is 3.06. The molecule has 112 valence electrons. The fourth-order valence-corrected chi connectivity index (χ4v) is 2.95. The van der Waals surface area contributed by atoms with E-state index < -0.39 is 5.97 Å². The van der Waals surface area contributed by atoms with Gasteiger partial charge < -0.3 is 15.2 Å². The molecule has 3 aromatic rings. The Morgan fingerprint density at radius 2 is 2.00 bits per heavy atom. The first-order valence-corrected chi connectivity index (χ1v) is 7.72. The molecule has 5 nitrogen and oxygen atoms in total. The first-order valence-electron chi connectivity index (χ1n) is 6.36. The number of benzene rings is 2. The topological polar surface area (TPSA) is 86.2 Å². The molecular weight excluding hydrogens is 324 g/mol. The zero-order valence-electron chi connectivity index (χ0n) is 11.2. The van der Waals surface area contributed by atoms with Crippen molar-refractivity contribution in [3.63, 3.8) is 0 Å². The van der Waals surface area contributed by atoms with Gasteiger partial charge in [-0.3, -0.25) is 4.79 Å². The first kappa shape index (κ1) is 14.7. The number of halogens is 1. The van der Waals surface area contributed by atoms with Gasteiger partial charge in [0, 0.05) is 5.56 Å². The molecule has 0 aliphatic heterocycles. The number of hydrogen-bond acceptors (Lipinski definition) is 4. The summed E-state index contributed by atoms with van der Waals surface area (Å²) in [6.07, 6.45) is 0. The van der Waals surface area contributed by atoms with Gasteiger partial charge in [-0.1, -0.05) is 35.5 Å². The number of hydrogen-bond donors (Lipinski definition) is 3. The fourth-order valence-electron chi connectivity index (χ4n) is 2.07. The molecule has 0 saturated heterocycles. The number of phenolic OH excluding ortho intramolecular Hbond substituents is 1. The molecule has 3 N–H and O–H groups in total. The van der Waals surface area contributed by atoms with E-state index in [1.807, 2.05) is 6.07 Å². The third kappa shape index (κ3) is 3.03. The summed E-state index contributed by atoms with van der Waals surface area (Å²) in [5.41, 5.74) is 3.13. The van der Waals surface area contributed by atoms with Crippen LogP contribution in [0.15, 0.2) is 41.6 Å². The molecule has 2 aromatic carbocycles. The number of phenols is 1. The number of aliphatic carboxylic acids is 1. The molecule has 7 heteroatoms. The van der Waals surface area contributed by atoms with Gasteiger partial charge in [-0.05, 0) is 29.8 Å². The third-order valence-corrected chi connectivity index (χ3v) is 4.23. The smallest absolute Gasteiger partial charge is 0.313 e. The molecule has 0 aliphatic carbocycles. The van der Waals surface area contributed by atoms with Crippen molar-refractivity contribution in [2.24, 2.45) is 0 Å². The number of nitrogens with one attached hydrogen (secondary N) is 1. The Bertz CT molecular complexity index is 846. The number of aromatic nitrogens is 2. The van der Waals surface area contributed by atoms with E-state index in [-0.39, 0.29) is 11.5 Å². The molecule has 0 fully saturated rings. The van der Waals surface area contributed by atoms with Crippen molar-refractivity contribution in [1.82, 2.24) is 9.97 Å². The lowest BCUT2D eigenvalue weighted by molar-refractivity contribution is -0.133. The minimum absolute atomic E-state index is 0.0572. The normalized spacial score (nSPS) is 11.0. The molecule has 0 bridgehead atoms. The van der Waals surface area contributed by atoms with Crippen LogP contribution in [0.3, 0.4) is 0 Å². The number of carbonyl (C=O) groups is 1.